The Bertz CT molecular complexity index is 925. The van der Waals surface area contributed by atoms with Crippen molar-refractivity contribution in [3.05, 3.63) is 67.8 Å². The molecule has 0 fully saturated rings. The summed E-state index contributed by atoms with van der Waals surface area (Å²) in [5.41, 5.74) is 0.235. The first kappa shape index (κ1) is 13.6. The van der Waals surface area contributed by atoms with Gasteiger partial charge < -0.3 is 9.15 Å². The maximum absolute atomic E-state index is 12.5. The highest BCUT2D eigenvalue weighted by Crippen LogP contribution is 2.18. The second-order valence-corrected chi connectivity index (χ2v) is 5.26. The predicted molar refractivity (Wildman–Crippen MR) is 82.3 cm³/mol. The van der Waals surface area contributed by atoms with Gasteiger partial charge in [0.2, 0.25) is 0 Å². The van der Waals surface area contributed by atoms with Gasteiger partial charge in [0, 0.05) is 10.5 Å². The van der Waals surface area contributed by atoms with Crippen molar-refractivity contribution in [3.63, 3.8) is 0 Å². The quantitative estimate of drug-likeness (QED) is 0.715. The van der Waals surface area contributed by atoms with Crippen molar-refractivity contribution in [3.8, 4) is 11.4 Å². The highest BCUT2D eigenvalue weighted by Gasteiger charge is 2.12. The molecule has 5 nitrogen and oxygen atoms in total. The van der Waals surface area contributed by atoms with Crippen molar-refractivity contribution in [2.45, 2.75) is 0 Å². The number of aromatic nitrogens is 1. The Morgan fingerprint density at radius 2 is 1.81 bits per heavy atom. The summed E-state index contributed by atoms with van der Waals surface area (Å²) in [6.45, 7) is 0. The van der Waals surface area contributed by atoms with Gasteiger partial charge >= 0.3 is 5.76 Å². The van der Waals surface area contributed by atoms with E-state index in [1.165, 1.54) is 13.2 Å². The molecule has 0 N–H and O–H groups in total. The standard InChI is InChI=1S/C15H10BrNO4/c1-20-11-6-7-12-13(8-11)21-15(19)17(14(12)18)10-4-2-9(16)3-5-10/h2-8H,1H3. The number of rotatable bonds is 2. The second kappa shape index (κ2) is 5.21. The summed E-state index contributed by atoms with van der Waals surface area (Å²) in [5, 5.41) is 0.318. The molecule has 106 valence electrons. The Labute approximate surface area is 127 Å². The highest BCUT2D eigenvalue weighted by atomic mass is 79.9. The smallest absolute Gasteiger partial charge is 0.426 e. The lowest BCUT2D eigenvalue weighted by atomic mass is 10.2. The number of hydrogen-bond donors (Lipinski definition) is 0. The number of benzene rings is 2. The fourth-order valence-electron chi connectivity index (χ4n) is 2.05. The van der Waals surface area contributed by atoms with Crippen molar-refractivity contribution in [2.24, 2.45) is 0 Å². The van der Waals surface area contributed by atoms with Crippen molar-refractivity contribution in [2.75, 3.05) is 7.11 Å². The van der Waals surface area contributed by atoms with E-state index in [1.807, 2.05) is 0 Å². The van der Waals surface area contributed by atoms with Crippen LogP contribution in [0.4, 0.5) is 0 Å². The molecule has 0 aliphatic heterocycles. The topological polar surface area (TPSA) is 61.4 Å². The van der Waals surface area contributed by atoms with Crippen molar-refractivity contribution in [1.29, 1.82) is 0 Å². The molecule has 0 spiro atoms. The van der Waals surface area contributed by atoms with Gasteiger partial charge in [-0.05, 0) is 36.4 Å². The molecule has 0 radical (unpaired) electrons. The van der Waals surface area contributed by atoms with Crippen molar-refractivity contribution < 1.29 is 9.15 Å². The summed E-state index contributed by atoms with van der Waals surface area (Å²) >= 11 is 3.31. The lowest BCUT2D eigenvalue weighted by molar-refractivity contribution is 0.413. The van der Waals surface area contributed by atoms with Gasteiger partial charge in [0.25, 0.3) is 5.56 Å². The molecule has 0 atom stereocenters. The average Bonchev–Trinajstić information content (AvgIpc) is 2.48. The van der Waals surface area contributed by atoms with Gasteiger partial charge in [0.15, 0.2) is 0 Å². The molecule has 2 aromatic carbocycles. The summed E-state index contributed by atoms with van der Waals surface area (Å²) in [7, 11) is 1.50. The Hall–Kier alpha value is -2.34. The highest BCUT2D eigenvalue weighted by molar-refractivity contribution is 9.10. The van der Waals surface area contributed by atoms with Crippen LogP contribution >= 0.6 is 15.9 Å². The number of hydrogen-bond acceptors (Lipinski definition) is 4. The number of methoxy groups -OCH3 is 1. The fraction of sp³-hybridized carbons (Fsp3) is 0.0667. The molecule has 0 aliphatic rings. The van der Waals surface area contributed by atoms with Gasteiger partial charge in [0.05, 0.1) is 18.2 Å². The zero-order chi connectivity index (χ0) is 15.0. The van der Waals surface area contributed by atoms with E-state index >= 15 is 0 Å². The Morgan fingerprint density at radius 1 is 1.10 bits per heavy atom. The van der Waals surface area contributed by atoms with Crippen LogP contribution < -0.4 is 16.1 Å². The lowest BCUT2D eigenvalue weighted by Gasteiger charge is -2.06. The minimum Gasteiger partial charge on any atom is -0.497 e. The van der Waals surface area contributed by atoms with Crippen LogP contribution in [0.5, 0.6) is 5.75 Å². The van der Waals surface area contributed by atoms with Crippen LogP contribution in [0, 0.1) is 0 Å². The largest absolute Gasteiger partial charge is 0.497 e. The Balaban J connectivity index is 2.32. The third-order valence-corrected chi connectivity index (χ3v) is 3.62. The van der Waals surface area contributed by atoms with Crippen LogP contribution in [0.2, 0.25) is 0 Å². The number of halogens is 1. The molecule has 0 saturated heterocycles. The summed E-state index contributed by atoms with van der Waals surface area (Å²) in [4.78, 5) is 24.6. The molecule has 6 heteroatoms. The van der Waals surface area contributed by atoms with E-state index in [-0.39, 0.29) is 5.58 Å². The van der Waals surface area contributed by atoms with E-state index in [0.29, 0.717) is 16.8 Å². The molecule has 1 aromatic heterocycles. The van der Waals surface area contributed by atoms with E-state index in [2.05, 4.69) is 15.9 Å². The van der Waals surface area contributed by atoms with Gasteiger partial charge in [-0.3, -0.25) is 4.79 Å². The van der Waals surface area contributed by atoms with Crippen LogP contribution in [0.3, 0.4) is 0 Å². The van der Waals surface area contributed by atoms with Crippen molar-refractivity contribution in [1.82, 2.24) is 4.57 Å². The van der Waals surface area contributed by atoms with E-state index in [1.54, 1.807) is 36.4 Å². The van der Waals surface area contributed by atoms with Gasteiger partial charge in [-0.1, -0.05) is 15.9 Å². The molecule has 3 aromatic rings. The maximum atomic E-state index is 12.5. The Kier molecular flexibility index (Phi) is 3.39. The van der Waals surface area contributed by atoms with Gasteiger partial charge in [-0.25, -0.2) is 9.36 Å². The minimum atomic E-state index is -0.733. The van der Waals surface area contributed by atoms with Crippen LogP contribution in [0.15, 0.2) is 60.9 Å². The molecule has 21 heavy (non-hydrogen) atoms. The third-order valence-electron chi connectivity index (χ3n) is 3.09. The summed E-state index contributed by atoms with van der Waals surface area (Å²) < 4.78 is 12.1. The molecule has 1 heterocycles. The van der Waals surface area contributed by atoms with E-state index in [9.17, 15) is 9.59 Å². The van der Waals surface area contributed by atoms with Crippen molar-refractivity contribution >= 4 is 26.9 Å². The van der Waals surface area contributed by atoms with E-state index < -0.39 is 11.3 Å². The number of ether oxygens (including phenoxy) is 1. The first-order valence-corrected chi connectivity index (χ1v) is 6.89. The second-order valence-electron chi connectivity index (χ2n) is 4.35. The van der Waals surface area contributed by atoms with Gasteiger partial charge in [-0.15, -0.1) is 0 Å². The zero-order valence-corrected chi connectivity index (χ0v) is 12.6. The monoisotopic (exact) mass is 347 g/mol. The van der Waals surface area contributed by atoms with Crippen LogP contribution in [0.1, 0.15) is 0 Å². The average molecular weight is 348 g/mol. The minimum absolute atomic E-state index is 0.206. The SMILES string of the molecule is COc1ccc2c(=O)n(-c3ccc(Br)cc3)c(=O)oc2c1. The maximum Gasteiger partial charge on any atom is 0.426 e. The van der Waals surface area contributed by atoms with E-state index in [4.69, 9.17) is 9.15 Å². The Morgan fingerprint density at radius 3 is 2.48 bits per heavy atom. The first-order valence-electron chi connectivity index (χ1n) is 6.10. The molecule has 3 rings (SSSR count). The molecule has 0 bridgehead atoms. The molecule has 0 aliphatic carbocycles. The fourth-order valence-corrected chi connectivity index (χ4v) is 2.31. The van der Waals surface area contributed by atoms with Crippen LogP contribution in [-0.4, -0.2) is 11.7 Å². The first-order chi connectivity index (χ1) is 10.1. The molecular formula is C15H10BrNO4. The summed E-state index contributed by atoms with van der Waals surface area (Å²) in [6.07, 6.45) is 0. The third kappa shape index (κ3) is 2.38. The lowest BCUT2D eigenvalue weighted by Crippen LogP contribution is -2.30. The van der Waals surface area contributed by atoms with Gasteiger partial charge in [-0.2, -0.15) is 0 Å². The number of fused-ring (bicyclic) bond motifs is 1. The molecular weight excluding hydrogens is 338 g/mol. The normalized spacial score (nSPS) is 10.8. The van der Waals surface area contributed by atoms with Gasteiger partial charge in [0.1, 0.15) is 11.3 Å². The van der Waals surface area contributed by atoms with Crippen LogP contribution in [0.25, 0.3) is 16.7 Å². The zero-order valence-electron chi connectivity index (χ0n) is 11.0. The molecule has 0 amide bonds. The predicted octanol–water partition coefficient (Wildman–Crippen LogP) is 2.72. The van der Waals surface area contributed by atoms with E-state index in [0.717, 1.165) is 9.04 Å². The summed E-state index contributed by atoms with van der Waals surface area (Å²) in [6, 6.07) is 11.6. The molecule has 0 unspecified atom stereocenters. The number of nitrogens with zero attached hydrogens (tertiary/aromatic N) is 1. The summed E-state index contributed by atoms with van der Waals surface area (Å²) in [5.74, 6) is -0.213. The van der Waals surface area contributed by atoms with Crippen LogP contribution in [-0.2, 0) is 0 Å². The molecule has 0 saturated carbocycles.